The van der Waals surface area contributed by atoms with Crippen molar-refractivity contribution < 1.29 is 45.4 Å². The van der Waals surface area contributed by atoms with Crippen molar-refractivity contribution in [1.82, 2.24) is 4.90 Å². The van der Waals surface area contributed by atoms with Crippen molar-refractivity contribution in [3.63, 3.8) is 0 Å². The summed E-state index contributed by atoms with van der Waals surface area (Å²) < 4.78 is 88.4. The standard InChI is InChI=1S/C23H20F6N2O4/c1-13(22(11-35-22)17-7-2-14(24)10-18(17)25)30-8-9-31(20(33)19(30)32)15-3-5-16(6-4-15)34-12-23(28,29)21(26)27/h2-7,10,13,21H,8-9,11-12H2,1H3/t13-,22-/m1/s1. The minimum Gasteiger partial charge on any atom is -0.487 e. The molecule has 12 heteroatoms. The topological polar surface area (TPSA) is 62.4 Å². The molecule has 2 heterocycles. The molecule has 0 spiro atoms. The summed E-state index contributed by atoms with van der Waals surface area (Å²) in [7, 11) is 0. The van der Waals surface area contributed by atoms with Crippen molar-refractivity contribution >= 4 is 17.5 Å². The fourth-order valence-corrected chi connectivity index (χ4v) is 4.01. The number of piperazine rings is 1. The number of benzene rings is 2. The number of nitrogens with zero attached hydrogens (tertiary/aromatic N) is 2. The van der Waals surface area contributed by atoms with E-state index in [4.69, 9.17) is 9.47 Å². The van der Waals surface area contributed by atoms with Gasteiger partial charge in [0.25, 0.3) is 0 Å². The first-order valence-corrected chi connectivity index (χ1v) is 10.6. The van der Waals surface area contributed by atoms with Crippen LogP contribution in [0.4, 0.5) is 32.0 Å². The Kier molecular flexibility index (Phi) is 6.43. The van der Waals surface area contributed by atoms with Crippen LogP contribution in [0.3, 0.4) is 0 Å². The van der Waals surface area contributed by atoms with Crippen molar-refractivity contribution in [1.29, 1.82) is 0 Å². The maximum atomic E-state index is 14.4. The molecule has 0 N–H and O–H groups in total. The van der Waals surface area contributed by atoms with Crippen molar-refractivity contribution in [2.24, 2.45) is 0 Å². The first-order chi connectivity index (χ1) is 16.5. The van der Waals surface area contributed by atoms with Crippen LogP contribution in [-0.2, 0) is 19.9 Å². The lowest BCUT2D eigenvalue weighted by molar-refractivity contribution is -0.149. The van der Waals surface area contributed by atoms with Crippen LogP contribution in [0.1, 0.15) is 12.5 Å². The second-order valence-corrected chi connectivity index (χ2v) is 8.28. The fourth-order valence-electron chi connectivity index (χ4n) is 4.01. The quantitative estimate of drug-likeness (QED) is 0.314. The highest BCUT2D eigenvalue weighted by Gasteiger charge is 2.56. The Morgan fingerprint density at radius 1 is 1.06 bits per heavy atom. The summed E-state index contributed by atoms with van der Waals surface area (Å²) in [6, 6.07) is 7.42. The van der Waals surface area contributed by atoms with Gasteiger partial charge in [0, 0.05) is 30.4 Å². The SMILES string of the molecule is C[C@@H](N1CCN(c2ccc(OCC(F)(F)C(F)F)cc2)C(=O)C1=O)[C@@]1(c2ccc(F)cc2F)CO1. The number of carbonyl (C=O) groups excluding carboxylic acids is 2. The van der Waals surface area contributed by atoms with Gasteiger partial charge in [-0.05, 0) is 37.3 Å². The molecule has 2 aromatic rings. The third-order valence-corrected chi connectivity index (χ3v) is 6.14. The normalized spacial score (nSPS) is 21.5. The second kappa shape index (κ2) is 9.06. The summed E-state index contributed by atoms with van der Waals surface area (Å²) in [5.74, 6) is -7.74. The summed E-state index contributed by atoms with van der Waals surface area (Å²) in [6.07, 6.45) is -3.87. The van der Waals surface area contributed by atoms with E-state index in [2.05, 4.69) is 0 Å². The number of hydrogen-bond acceptors (Lipinski definition) is 4. The van der Waals surface area contributed by atoms with E-state index in [1.54, 1.807) is 6.92 Å². The van der Waals surface area contributed by atoms with E-state index in [0.717, 1.165) is 12.1 Å². The highest BCUT2D eigenvalue weighted by Crippen LogP contribution is 2.45. The van der Waals surface area contributed by atoms with Gasteiger partial charge in [-0.3, -0.25) is 9.59 Å². The molecule has 2 aromatic carbocycles. The molecule has 0 unspecified atom stereocenters. The molecule has 188 valence electrons. The van der Waals surface area contributed by atoms with Crippen LogP contribution in [0, 0.1) is 11.6 Å². The van der Waals surface area contributed by atoms with Gasteiger partial charge in [-0.1, -0.05) is 6.07 Å². The Bertz CT molecular complexity index is 1120. The second-order valence-electron chi connectivity index (χ2n) is 8.28. The summed E-state index contributed by atoms with van der Waals surface area (Å²) in [5.41, 5.74) is -0.845. The molecule has 0 aliphatic carbocycles. The number of epoxide rings is 1. The number of carbonyl (C=O) groups is 2. The minimum absolute atomic E-state index is 0.0700. The summed E-state index contributed by atoms with van der Waals surface area (Å²) >= 11 is 0. The number of hydrogen-bond donors (Lipinski definition) is 0. The Balaban J connectivity index is 1.44. The maximum Gasteiger partial charge on any atom is 0.340 e. The number of alkyl halides is 4. The van der Waals surface area contributed by atoms with E-state index < -0.39 is 54.0 Å². The average molecular weight is 502 g/mol. The van der Waals surface area contributed by atoms with Gasteiger partial charge >= 0.3 is 24.2 Å². The first-order valence-electron chi connectivity index (χ1n) is 10.6. The van der Waals surface area contributed by atoms with E-state index in [1.807, 2.05) is 0 Å². The molecule has 2 amide bonds. The zero-order valence-electron chi connectivity index (χ0n) is 18.3. The molecule has 4 rings (SSSR count). The third kappa shape index (κ3) is 4.66. The van der Waals surface area contributed by atoms with Crippen molar-refractivity contribution in [2.75, 3.05) is 31.2 Å². The summed E-state index contributed by atoms with van der Waals surface area (Å²) in [6.45, 7) is 0.331. The first kappa shape index (κ1) is 24.8. The number of rotatable bonds is 8. The van der Waals surface area contributed by atoms with Gasteiger partial charge in [-0.2, -0.15) is 8.78 Å². The van der Waals surface area contributed by atoms with Gasteiger partial charge in [0.15, 0.2) is 6.61 Å². The molecule has 0 aromatic heterocycles. The van der Waals surface area contributed by atoms with Gasteiger partial charge in [0.1, 0.15) is 23.0 Å². The average Bonchev–Trinajstić information content (AvgIpc) is 3.61. The molecule has 35 heavy (non-hydrogen) atoms. The van der Waals surface area contributed by atoms with E-state index in [9.17, 15) is 35.9 Å². The summed E-state index contributed by atoms with van der Waals surface area (Å²) in [5, 5.41) is 0. The van der Waals surface area contributed by atoms with Crippen molar-refractivity contribution in [2.45, 2.75) is 30.9 Å². The zero-order chi connectivity index (χ0) is 25.5. The lowest BCUT2D eigenvalue weighted by Gasteiger charge is -2.39. The van der Waals surface area contributed by atoms with Crippen LogP contribution in [0.25, 0.3) is 0 Å². The van der Waals surface area contributed by atoms with Gasteiger partial charge < -0.3 is 19.3 Å². The molecule has 2 atom stereocenters. The Hall–Kier alpha value is -3.28. The Morgan fingerprint density at radius 2 is 1.71 bits per heavy atom. The molecule has 2 saturated heterocycles. The third-order valence-electron chi connectivity index (χ3n) is 6.14. The van der Waals surface area contributed by atoms with Crippen molar-refractivity contribution in [3.05, 3.63) is 59.7 Å². The van der Waals surface area contributed by atoms with Gasteiger partial charge in [-0.25, -0.2) is 17.6 Å². The molecular weight excluding hydrogens is 482 g/mol. The minimum atomic E-state index is -4.31. The molecular formula is C23H20F6N2O4. The smallest absolute Gasteiger partial charge is 0.340 e. The molecule has 6 nitrogen and oxygen atoms in total. The van der Waals surface area contributed by atoms with Crippen LogP contribution in [-0.4, -0.2) is 61.4 Å². The van der Waals surface area contributed by atoms with Crippen LogP contribution < -0.4 is 9.64 Å². The van der Waals surface area contributed by atoms with E-state index in [1.165, 1.54) is 40.1 Å². The van der Waals surface area contributed by atoms with Gasteiger partial charge in [-0.15, -0.1) is 0 Å². The predicted octanol–water partition coefficient (Wildman–Crippen LogP) is 3.73. The zero-order valence-corrected chi connectivity index (χ0v) is 18.3. The fraction of sp³-hybridized carbons (Fsp3) is 0.391. The van der Waals surface area contributed by atoms with Crippen LogP contribution in [0.5, 0.6) is 5.75 Å². The monoisotopic (exact) mass is 502 g/mol. The van der Waals surface area contributed by atoms with Gasteiger partial charge in [0.2, 0.25) is 0 Å². The molecule has 2 aliphatic heterocycles. The van der Waals surface area contributed by atoms with Crippen LogP contribution in [0.2, 0.25) is 0 Å². The lowest BCUT2D eigenvalue weighted by atomic mass is 9.90. The molecule has 2 fully saturated rings. The highest BCUT2D eigenvalue weighted by atomic mass is 19.3. The molecule has 0 saturated carbocycles. The van der Waals surface area contributed by atoms with Crippen LogP contribution in [0.15, 0.2) is 42.5 Å². The summed E-state index contributed by atoms with van der Waals surface area (Å²) in [4.78, 5) is 28.1. The number of ether oxygens (including phenoxy) is 2. The van der Waals surface area contributed by atoms with E-state index in [0.29, 0.717) is 0 Å². The molecule has 2 aliphatic rings. The maximum absolute atomic E-state index is 14.4. The Morgan fingerprint density at radius 3 is 2.29 bits per heavy atom. The highest BCUT2D eigenvalue weighted by molar-refractivity contribution is 6.41. The Labute approximate surface area is 196 Å². The largest absolute Gasteiger partial charge is 0.487 e. The number of amides is 2. The number of anilines is 1. The van der Waals surface area contributed by atoms with E-state index >= 15 is 0 Å². The van der Waals surface area contributed by atoms with Gasteiger partial charge in [0.05, 0.1) is 12.6 Å². The predicted molar refractivity (Wildman–Crippen MR) is 110 cm³/mol. The number of halogens is 6. The molecule has 0 bridgehead atoms. The van der Waals surface area contributed by atoms with E-state index in [-0.39, 0.29) is 36.7 Å². The molecule has 0 radical (unpaired) electrons. The van der Waals surface area contributed by atoms with Crippen molar-refractivity contribution in [3.8, 4) is 5.75 Å². The van der Waals surface area contributed by atoms with Crippen LogP contribution >= 0.6 is 0 Å². The lowest BCUT2D eigenvalue weighted by Crippen LogP contribution is -2.59.